The third kappa shape index (κ3) is 4.29. The smallest absolute Gasteiger partial charge is 0.147 e. The molecule has 18 heavy (non-hydrogen) atoms. The molecule has 0 amide bonds. The molecule has 0 unspecified atom stereocenters. The molecule has 96 valence electrons. The third-order valence-electron chi connectivity index (χ3n) is 2.23. The van der Waals surface area contributed by atoms with Gasteiger partial charge in [-0.3, -0.25) is 0 Å². The summed E-state index contributed by atoms with van der Waals surface area (Å²) in [6.45, 7) is 3.82. The van der Waals surface area contributed by atoms with Gasteiger partial charge in [0, 0.05) is 26.5 Å². The molecule has 1 aromatic carbocycles. The lowest BCUT2D eigenvalue weighted by molar-refractivity contribution is 0.415. The van der Waals surface area contributed by atoms with Crippen molar-refractivity contribution in [1.82, 2.24) is 10.2 Å². The van der Waals surface area contributed by atoms with Gasteiger partial charge in [-0.05, 0) is 24.3 Å². The largest absolute Gasteiger partial charge is 0.497 e. The monoisotopic (exact) mass is 246 g/mol. The van der Waals surface area contributed by atoms with Gasteiger partial charge in [-0.2, -0.15) is 0 Å². The summed E-state index contributed by atoms with van der Waals surface area (Å²) in [4.78, 5) is 1.77. The summed E-state index contributed by atoms with van der Waals surface area (Å²) < 4.78 is 5.06. The number of hydrogen-bond acceptors (Lipinski definition) is 5. The van der Waals surface area contributed by atoms with Crippen LogP contribution >= 0.6 is 0 Å². The Hall–Kier alpha value is -2.30. The third-order valence-corrected chi connectivity index (χ3v) is 2.23. The topological polar surface area (TPSA) is 49.2 Å². The van der Waals surface area contributed by atoms with Gasteiger partial charge in [-0.25, -0.2) is 0 Å². The molecule has 0 aromatic heterocycles. The first-order valence-electron chi connectivity index (χ1n) is 5.49. The van der Waals surface area contributed by atoms with Crippen molar-refractivity contribution in [2.45, 2.75) is 0 Å². The molecule has 5 nitrogen and oxygen atoms in total. The molecule has 0 spiro atoms. The zero-order valence-electron chi connectivity index (χ0n) is 10.9. The van der Waals surface area contributed by atoms with E-state index in [1.54, 1.807) is 18.2 Å². The Morgan fingerprint density at radius 3 is 2.61 bits per heavy atom. The minimum absolute atomic E-state index is 0.553. The Balaban J connectivity index is 2.62. The number of benzene rings is 1. The molecule has 5 heteroatoms. The first-order valence-corrected chi connectivity index (χ1v) is 5.49. The second kappa shape index (κ2) is 7.11. The van der Waals surface area contributed by atoms with Crippen LogP contribution in [0.3, 0.4) is 0 Å². The number of ether oxygens (including phenoxy) is 1. The van der Waals surface area contributed by atoms with Crippen LogP contribution in [-0.4, -0.2) is 26.1 Å². The molecule has 0 aliphatic rings. The van der Waals surface area contributed by atoms with E-state index in [1.807, 2.05) is 44.6 Å². The average molecular weight is 246 g/mol. The number of nitrogens with zero attached hydrogens (tertiary/aromatic N) is 3. The predicted molar refractivity (Wildman–Crippen MR) is 72.6 cm³/mol. The maximum atomic E-state index is 5.06. The number of azo groups is 1. The number of nitrogens with one attached hydrogen (secondary N) is 1. The Morgan fingerprint density at radius 2 is 2.06 bits per heavy atom. The molecule has 0 atom stereocenters. The van der Waals surface area contributed by atoms with Gasteiger partial charge in [0.1, 0.15) is 11.6 Å². The Morgan fingerprint density at radius 1 is 1.39 bits per heavy atom. The zero-order chi connectivity index (χ0) is 13.4. The predicted octanol–water partition coefficient (Wildman–Crippen LogP) is 2.87. The van der Waals surface area contributed by atoms with Crippen LogP contribution in [0.5, 0.6) is 5.75 Å². The van der Waals surface area contributed by atoms with Crippen molar-refractivity contribution in [1.29, 1.82) is 0 Å². The van der Waals surface area contributed by atoms with Crippen molar-refractivity contribution in [3.63, 3.8) is 0 Å². The molecule has 1 rings (SSSR count). The van der Waals surface area contributed by atoms with Crippen LogP contribution in [0.1, 0.15) is 0 Å². The normalized spacial score (nSPS) is 10.8. The van der Waals surface area contributed by atoms with Gasteiger partial charge in [0.15, 0.2) is 0 Å². The van der Waals surface area contributed by atoms with E-state index in [0.717, 1.165) is 11.4 Å². The first kappa shape index (κ1) is 13.8. The second-order valence-corrected chi connectivity index (χ2v) is 3.53. The fraction of sp³-hybridized carbons (Fsp3) is 0.231. The van der Waals surface area contributed by atoms with Gasteiger partial charge >= 0.3 is 0 Å². The first-order chi connectivity index (χ1) is 8.67. The summed E-state index contributed by atoms with van der Waals surface area (Å²) in [6.07, 6.45) is 3.60. The highest BCUT2D eigenvalue weighted by molar-refractivity contribution is 5.40. The van der Waals surface area contributed by atoms with E-state index < -0.39 is 0 Å². The SMILES string of the molecule is C=C(N=Nc1ccc(OC)cc1)N(C)C=CNC. The quantitative estimate of drug-likeness (QED) is 0.785. The molecule has 0 radical (unpaired) electrons. The van der Waals surface area contributed by atoms with Crippen molar-refractivity contribution in [2.75, 3.05) is 21.2 Å². The lowest BCUT2D eigenvalue weighted by atomic mass is 10.3. The highest BCUT2D eigenvalue weighted by atomic mass is 16.5. The lowest BCUT2D eigenvalue weighted by Crippen LogP contribution is -2.08. The molecular formula is C13H18N4O. The minimum Gasteiger partial charge on any atom is -0.497 e. The van der Waals surface area contributed by atoms with Crippen LogP contribution in [0.25, 0.3) is 0 Å². The van der Waals surface area contributed by atoms with E-state index in [-0.39, 0.29) is 0 Å². The molecule has 1 aromatic rings. The van der Waals surface area contributed by atoms with Crippen LogP contribution in [0.15, 0.2) is 59.3 Å². The van der Waals surface area contributed by atoms with Crippen LogP contribution < -0.4 is 10.1 Å². The molecule has 0 heterocycles. The maximum Gasteiger partial charge on any atom is 0.147 e. The fourth-order valence-electron chi connectivity index (χ4n) is 1.11. The molecular weight excluding hydrogens is 228 g/mol. The summed E-state index contributed by atoms with van der Waals surface area (Å²) in [5, 5.41) is 11.0. The van der Waals surface area contributed by atoms with E-state index in [2.05, 4.69) is 22.1 Å². The zero-order valence-corrected chi connectivity index (χ0v) is 10.9. The minimum atomic E-state index is 0.553. The highest BCUT2D eigenvalue weighted by Gasteiger charge is 1.96. The maximum absolute atomic E-state index is 5.06. The second-order valence-electron chi connectivity index (χ2n) is 3.53. The number of hydrogen-bond donors (Lipinski definition) is 1. The molecule has 0 saturated heterocycles. The molecule has 0 aliphatic carbocycles. The Labute approximate surface area is 107 Å². The number of methoxy groups -OCH3 is 1. The van der Waals surface area contributed by atoms with Crippen molar-refractivity contribution in [2.24, 2.45) is 10.2 Å². The van der Waals surface area contributed by atoms with Crippen LogP contribution in [-0.2, 0) is 0 Å². The Kier molecular flexibility index (Phi) is 5.44. The molecule has 0 bridgehead atoms. The summed E-state index contributed by atoms with van der Waals surface area (Å²) >= 11 is 0. The van der Waals surface area contributed by atoms with Gasteiger partial charge in [-0.1, -0.05) is 6.58 Å². The van der Waals surface area contributed by atoms with E-state index in [0.29, 0.717) is 5.82 Å². The van der Waals surface area contributed by atoms with E-state index in [1.165, 1.54) is 0 Å². The average Bonchev–Trinajstić information content (AvgIpc) is 2.42. The fourth-order valence-corrected chi connectivity index (χ4v) is 1.11. The molecule has 0 fully saturated rings. The van der Waals surface area contributed by atoms with Crippen molar-refractivity contribution in [3.05, 3.63) is 49.1 Å². The van der Waals surface area contributed by atoms with Crippen molar-refractivity contribution < 1.29 is 4.74 Å². The molecule has 0 saturated carbocycles. The van der Waals surface area contributed by atoms with E-state index in [4.69, 9.17) is 4.74 Å². The van der Waals surface area contributed by atoms with Gasteiger partial charge in [0.2, 0.25) is 0 Å². The van der Waals surface area contributed by atoms with Gasteiger partial charge < -0.3 is 15.0 Å². The van der Waals surface area contributed by atoms with Crippen LogP contribution in [0, 0.1) is 0 Å². The van der Waals surface area contributed by atoms with E-state index in [9.17, 15) is 0 Å². The molecule has 0 aliphatic heterocycles. The molecule has 1 N–H and O–H groups in total. The summed E-state index contributed by atoms with van der Waals surface area (Å²) in [7, 11) is 5.30. The lowest BCUT2D eigenvalue weighted by Gasteiger charge is -2.11. The van der Waals surface area contributed by atoms with Gasteiger partial charge in [0.05, 0.1) is 12.8 Å². The van der Waals surface area contributed by atoms with Crippen molar-refractivity contribution >= 4 is 5.69 Å². The summed E-state index contributed by atoms with van der Waals surface area (Å²) in [5.74, 6) is 1.35. The van der Waals surface area contributed by atoms with Crippen LogP contribution in [0.2, 0.25) is 0 Å². The number of rotatable bonds is 6. The Bertz CT molecular complexity index is 437. The van der Waals surface area contributed by atoms with Crippen molar-refractivity contribution in [3.8, 4) is 5.75 Å². The van der Waals surface area contributed by atoms with E-state index >= 15 is 0 Å². The van der Waals surface area contributed by atoms with Gasteiger partial charge in [-0.15, -0.1) is 10.2 Å². The van der Waals surface area contributed by atoms with Gasteiger partial charge in [0.25, 0.3) is 0 Å². The standard InChI is InChI=1S/C13H18N4O/c1-11(17(3)10-9-14-2)15-16-12-5-7-13(18-4)8-6-12/h5-10,14H,1H2,2-4H3. The summed E-state index contributed by atoms with van der Waals surface area (Å²) in [5.41, 5.74) is 0.753. The van der Waals surface area contributed by atoms with Crippen LogP contribution in [0.4, 0.5) is 5.69 Å². The highest BCUT2D eigenvalue weighted by Crippen LogP contribution is 2.18. The summed E-state index contributed by atoms with van der Waals surface area (Å²) in [6, 6.07) is 7.33.